The molecule has 0 saturated carbocycles. The van der Waals surface area contributed by atoms with Gasteiger partial charge in [0.05, 0.1) is 38.0 Å². The van der Waals surface area contributed by atoms with Crippen LogP contribution < -0.4 is 99.2 Å². The van der Waals surface area contributed by atoms with E-state index in [1.165, 1.54) is 26.8 Å². The maximum atomic E-state index is 13.2. The quantitative estimate of drug-likeness (QED) is 0.0604. The van der Waals surface area contributed by atoms with Crippen molar-refractivity contribution in [3.05, 3.63) is 62.7 Å². The van der Waals surface area contributed by atoms with Gasteiger partial charge in [0.1, 0.15) is 20.2 Å². The number of nitrogens with one attached hydrogen (secondary N) is 1. The second-order valence-corrected chi connectivity index (χ2v) is 11.1. The summed E-state index contributed by atoms with van der Waals surface area (Å²) in [5.41, 5.74) is -0.189. The molecule has 1 amide bonds. The molecule has 0 aliphatic carbocycles. The normalized spacial score (nSPS) is 11.2. The van der Waals surface area contributed by atoms with E-state index >= 15 is 0 Å². The van der Waals surface area contributed by atoms with Crippen molar-refractivity contribution in [1.29, 1.82) is 0 Å². The number of aryl methyl sites for hydroxylation is 2. The molecule has 14 nitrogen and oxygen atoms in total. The first-order valence-electron chi connectivity index (χ1n) is 9.80. The van der Waals surface area contributed by atoms with Gasteiger partial charge in [-0.1, -0.05) is 0 Å². The second kappa shape index (κ2) is 15.5. The van der Waals surface area contributed by atoms with Crippen LogP contribution in [0.1, 0.15) is 27.0 Å². The van der Waals surface area contributed by atoms with Crippen LogP contribution in [0, 0.1) is 30.9 Å². The molecule has 3 rings (SSSR count). The Bertz CT molecular complexity index is 1680. The van der Waals surface area contributed by atoms with Crippen LogP contribution in [0.25, 0.3) is 10.8 Å². The van der Waals surface area contributed by atoms with Crippen LogP contribution in [-0.4, -0.2) is 36.8 Å². The molecule has 0 saturated heterocycles. The van der Waals surface area contributed by atoms with Gasteiger partial charge in [-0.05, 0) is 56.7 Å². The van der Waals surface area contributed by atoms with Crippen molar-refractivity contribution in [1.82, 2.24) is 0 Å². The number of nitrogens with zero attached hydrogens (tertiary/aromatic N) is 1. The number of carbonyl (C=O) groups excluding carboxylic acids is 1. The van der Waals surface area contributed by atoms with Crippen molar-refractivity contribution in [3.8, 4) is 0 Å². The molecule has 3 aromatic carbocycles. The van der Waals surface area contributed by atoms with Gasteiger partial charge in [-0.15, -0.1) is 0 Å². The summed E-state index contributed by atoms with van der Waals surface area (Å²) in [5.74, 6) is -0.937. The third kappa shape index (κ3) is 8.70. The van der Waals surface area contributed by atoms with Crippen molar-refractivity contribution >= 4 is 60.3 Å². The Kier molecular flexibility index (Phi) is 15.5. The molecule has 0 heterocycles. The summed E-state index contributed by atoms with van der Waals surface area (Å²) >= 11 is 0.125. The number of hydrogen-bond acceptors (Lipinski definition) is 13. The Labute approximate surface area is 299 Å². The summed E-state index contributed by atoms with van der Waals surface area (Å²) in [6.07, 6.45) is 0. The topological polar surface area (TPSA) is 228 Å². The number of fused-ring (bicyclic) bond motifs is 1. The molecule has 20 heteroatoms. The zero-order valence-corrected chi connectivity index (χ0v) is 30.4. The number of amides is 1. The van der Waals surface area contributed by atoms with Crippen LogP contribution in [0.2, 0.25) is 0 Å². The predicted molar refractivity (Wildman–Crippen MR) is 123 cm³/mol. The molecule has 198 valence electrons. The van der Waals surface area contributed by atoms with Gasteiger partial charge in [0.15, 0.2) is 0 Å². The monoisotopic (exact) mass is 640 g/mol. The van der Waals surface area contributed by atoms with Crippen LogP contribution in [0.4, 0.5) is 11.4 Å². The van der Waals surface area contributed by atoms with Gasteiger partial charge in [-0.3, -0.25) is 19.9 Å². The van der Waals surface area contributed by atoms with Crippen molar-refractivity contribution in [2.75, 3.05) is 5.32 Å². The minimum atomic E-state index is -5.38. The number of hydrogen-bond donors (Lipinski definition) is 1. The van der Waals surface area contributed by atoms with Crippen LogP contribution in [0.15, 0.2) is 45.0 Å². The average molecular weight is 641 g/mol. The van der Waals surface area contributed by atoms with E-state index in [2.05, 4.69) is 14.7 Å². The Morgan fingerprint density at radius 1 is 0.925 bits per heavy atom. The molecule has 1 N–H and O–H groups in total. The molecule has 0 aromatic heterocycles. The van der Waals surface area contributed by atoms with E-state index in [0.29, 0.717) is 11.1 Å². The van der Waals surface area contributed by atoms with Gasteiger partial charge in [-0.2, -0.15) is 4.33 Å². The number of benzene rings is 3. The van der Waals surface area contributed by atoms with Gasteiger partial charge in [0.2, 0.25) is 0 Å². The molecule has 0 spiro atoms. The molecular formula is C20H15N2Na3O12S3. The molecule has 0 aliphatic heterocycles. The average Bonchev–Trinajstić information content (AvgIpc) is 2.74. The van der Waals surface area contributed by atoms with E-state index in [-0.39, 0.29) is 128 Å². The minimum Gasteiger partial charge on any atom is -0.744 e. The first kappa shape index (κ1) is 39.8. The standard InChI is InChI=1S/C20H18N2O12S3.3Na/c1-9-6-10(2)19(22(24)25)11(3)17(9)20(23)21-14-4-5-15(36(27,28)29)13-7-12(35-34-33-26)8-16(18(13)14)37(30,31)32;;;/h4-8,26H,1-3H3,(H,21,23)(H,27,28,29)(H,30,31,32);;;/q;3*+1/p-3. The molecule has 0 bridgehead atoms. The van der Waals surface area contributed by atoms with Gasteiger partial charge < -0.3 is 19.7 Å². The van der Waals surface area contributed by atoms with Crippen LogP contribution in [-0.2, 0) is 29.6 Å². The summed E-state index contributed by atoms with van der Waals surface area (Å²) < 4.78 is 76.0. The van der Waals surface area contributed by atoms with Crippen molar-refractivity contribution in [2.45, 2.75) is 35.5 Å². The molecule has 0 aliphatic rings. The smallest absolute Gasteiger partial charge is 0.744 e. The molecular weight excluding hydrogens is 625 g/mol. The first-order valence-corrected chi connectivity index (χ1v) is 13.4. The number of nitro groups is 1. The summed E-state index contributed by atoms with van der Waals surface area (Å²) in [5, 5.41) is 26.0. The number of carbonyl (C=O) groups is 1. The fourth-order valence-electron chi connectivity index (χ4n) is 4.01. The van der Waals surface area contributed by atoms with Crippen molar-refractivity contribution < 1.29 is 139 Å². The van der Waals surface area contributed by atoms with Crippen LogP contribution >= 0.6 is 12.0 Å². The van der Waals surface area contributed by atoms with E-state index in [1.54, 1.807) is 0 Å². The number of nitro benzene ring substituents is 1. The fraction of sp³-hybridized carbons (Fsp3) is 0.150. The number of rotatable bonds is 8. The molecule has 3 aromatic rings. The molecule has 0 atom stereocenters. The van der Waals surface area contributed by atoms with Gasteiger partial charge >= 0.3 is 88.7 Å². The zero-order chi connectivity index (χ0) is 27.9. The van der Waals surface area contributed by atoms with E-state index < -0.39 is 51.6 Å². The van der Waals surface area contributed by atoms with Crippen LogP contribution in [0.5, 0.6) is 0 Å². The Morgan fingerprint density at radius 2 is 1.50 bits per heavy atom. The van der Waals surface area contributed by atoms with E-state index in [0.717, 1.165) is 24.3 Å². The van der Waals surface area contributed by atoms with Crippen molar-refractivity contribution in [3.63, 3.8) is 0 Å². The summed E-state index contributed by atoms with van der Waals surface area (Å²) in [7, 11) is -10.6. The number of anilines is 1. The molecule has 0 radical (unpaired) electrons. The third-order valence-corrected chi connectivity index (χ3v) is 7.60. The summed E-state index contributed by atoms with van der Waals surface area (Å²) in [6, 6.07) is 4.73. The summed E-state index contributed by atoms with van der Waals surface area (Å²) in [4.78, 5) is 21.8. The largest absolute Gasteiger partial charge is 1.00 e. The van der Waals surface area contributed by atoms with Gasteiger partial charge in [-0.25, -0.2) is 16.8 Å². The summed E-state index contributed by atoms with van der Waals surface area (Å²) in [6.45, 7) is 4.34. The van der Waals surface area contributed by atoms with E-state index in [1.807, 2.05) is 0 Å². The van der Waals surface area contributed by atoms with E-state index in [4.69, 9.17) is 0 Å². The maximum absolute atomic E-state index is 13.2. The molecule has 0 unspecified atom stereocenters. The van der Waals surface area contributed by atoms with Gasteiger partial charge in [0.25, 0.3) is 11.6 Å². The van der Waals surface area contributed by atoms with Crippen molar-refractivity contribution in [2.24, 2.45) is 0 Å². The Hall–Kier alpha value is -0.160. The van der Waals surface area contributed by atoms with Crippen LogP contribution in [0.3, 0.4) is 0 Å². The molecule has 0 fully saturated rings. The Balaban J connectivity index is 0.00000507. The van der Waals surface area contributed by atoms with Gasteiger partial charge in [0, 0.05) is 26.8 Å². The fourth-order valence-corrected chi connectivity index (χ4v) is 5.92. The zero-order valence-electron chi connectivity index (χ0n) is 22.0. The molecule has 40 heavy (non-hydrogen) atoms. The minimum absolute atomic E-state index is 0. The predicted octanol–water partition coefficient (Wildman–Crippen LogP) is -7.02. The Morgan fingerprint density at radius 3 is 2.00 bits per heavy atom. The second-order valence-electron chi connectivity index (χ2n) is 7.65. The maximum Gasteiger partial charge on any atom is 1.00 e. The first-order chi connectivity index (χ1) is 17.1. The van der Waals surface area contributed by atoms with E-state index in [9.17, 15) is 46.1 Å². The third-order valence-electron chi connectivity index (χ3n) is 5.30. The SMILES string of the molecule is Cc1cc(C)c([N+](=O)[O-])c(C)c1C(=O)Nc1ccc(S(=O)(=O)[O-])c2cc(SOO[O-])cc(S(=O)(=O)[O-])c12.[Na+].[Na+].[Na+].